The topological polar surface area (TPSA) is 26.3 Å². The summed E-state index contributed by atoms with van der Waals surface area (Å²) in [6.45, 7) is 4.05. The summed E-state index contributed by atoms with van der Waals surface area (Å²) < 4.78 is 5.26. The van der Waals surface area contributed by atoms with Crippen molar-refractivity contribution in [3.63, 3.8) is 0 Å². The maximum atomic E-state index is 11.6. The maximum absolute atomic E-state index is 11.6. The van der Waals surface area contributed by atoms with Gasteiger partial charge in [0.2, 0.25) is 0 Å². The first-order valence-electron chi connectivity index (χ1n) is 5.31. The van der Waals surface area contributed by atoms with E-state index in [1.165, 1.54) is 5.56 Å². The van der Waals surface area contributed by atoms with Crippen molar-refractivity contribution < 1.29 is 9.53 Å². The highest BCUT2D eigenvalue weighted by molar-refractivity contribution is 5.85. The Balaban J connectivity index is 2.45. The minimum Gasteiger partial charge on any atom is -0.496 e. The molecule has 0 bridgehead atoms. The zero-order valence-corrected chi connectivity index (χ0v) is 9.46. The number of hydrogen-bond donors (Lipinski definition) is 0. The van der Waals surface area contributed by atoms with E-state index in [2.05, 4.69) is 6.07 Å². The average Bonchev–Trinajstić information content (AvgIpc) is 2.20. The lowest BCUT2D eigenvalue weighted by molar-refractivity contribution is -0.122. The zero-order valence-electron chi connectivity index (χ0n) is 9.46. The molecule has 0 radical (unpaired) electrons. The van der Waals surface area contributed by atoms with Crippen LogP contribution in [0.5, 0.6) is 5.75 Å². The second kappa shape index (κ2) is 3.69. The minimum atomic E-state index is 0.172. The Morgan fingerprint density at radius 3 is 2.73 bits per heavy atom. The first-order chi connectivity index (χ1) is 7.11. The van der Waals surface area contributed by atoms with E-state index in [9.17, 15) is 4.79 Å². The van der Waals surface area contributed by atoms with Gasteiger partial charge in [-0.3, -0.25) is 4.79 Å². The monoisotopic (exact) mass is 204 g/mol. The summed E-state index contributed by atoms with van der Waals surface area (Å²) in [5.74, 6) is 1.40. The number of hydrogen-bond acceptors (Lipinski definition) is 2. The van der Waals surface area contributed by atoms with Gasteiger partial charge in [-0.15, -0.1) is 0 Å². The van der Waals surface area contributed by atoms with Gasteiger partial charge < -0.3 is 4.74 Å². The van der Waals surface area contributed by atoms with E-state index in [-0.39, 0.29) is 5.92 Å². The molecule has 0 fully saturated rings. The molecule has 0 amide bonds. The molecular weight excluding hydrogens is 188 g/mol. The molecule has 0 saturated carbocycles. The van der Waals surface area contributed by atoms with E-state index >= 15 is 0 Å². The number of methoxy groups -OCH3 is 1. The Morgan fingerprint density at radius 2 is 2.07 bits per heavy atom. The molecule has 0 spiro atoms. The molecule has 1 atom stereocenters. The molecule has 1 unspecified atom stereocenters. The number of ether oxygens (including phenoxy) is 1. The van der Waals surface area contributed by atoms with Crippen molar-refractivity contribution in [2.24, 2.45) is 5.92 Å². The van der Waals surface area contributed by atoms with Crippen LogP contribution in [-0.2, 0) is 17.6 Å². The van der Waals surface area contributed by atoms with Crippen molar-refractivity contribution in [3.8, 4) is 5.75 Å². The number of rotatable bonds is 1. The zero-order chi connectivity index (χ0) is 11.0. The molecule has 1 aliphatic rings. The van der Waals surface area contributed by atoms with Gasteiger partial charge in [0.15, 0.2) is 0 Å². The molecule has 0 heterocycles. The Hall–Kier alpha value is -1.31. The van der Waals surface area contributed by atoms with Gasteiger partial charge in [0.1, 0.15) is 11.5 Å². The molecular formula is C13H16O2. The van der Waals surface area contributed by atoms with Crippen LogP contribution in [-0.4, -0.2) is 12.9 Å². The number of benzene rings is 1. The van der Waals surface area contributed by atoms with E-state index in [1.54, 1.807) is 7.11 Å². The SMILES string of the molecule is COc1cc2c(cc1C)CC(C)C(=O)C2. The fourth-order valence-electron chi connectivity index (χ4n) is 2.17. The fourth-order valence-corrected chi connectivity index (χ4v) is 2.17. The standard InChI is InChI=1S/C13H16O2/c1-8-4-10-5-9(2)13(15-3)7-11(10)6-12(8)14/h5,7-8H,4,6H2,1-3H3. The number of fused-ring (bicyclic) bond motifs is 1. The molecule has 1 aliphatic carbocycles. The van der Waals surface area contributed by atoms with Crippen LogP contribution in [0.2, 0.25) is 0 Å². The van der Waals surface area contributed by atoms with Crippen LogP contribution in [0.15, 0.2) is 12.1 Å². The maximum Gasteiger partial charge on any atom is 0.140 e. The molecule has 80 valence electrons. The van der Waals surface area contributed by atoms with Crippen LogP contribution in [0.4, 0.5) is 0 Å². The summed E-state index contributed by atoms with van der Waals surface area (Å²) in [6, 6.07) is 4.16. The van der Waals surface area contributed by atoms with Crippen molar-refractivity contribution in [1.82, 2.24) is 0 Å². The molecule has 0 aromatic heterocycles. The number of Topliss-reactive ketones (excluding diaryl/α,β-unsaturated/α-hetero) is 1. The van der Waals surface area contributed by atoms with Crippen LogP contribution in [0.1, 0.15) is 23.6 Å². The van der Waals surface area contributed by atoms with E-state index in [1.807, 2.05) is 19.9 Å². The second-order valence-corrected chi connectivity index (χ2v) is 4.34. The Kier molecular flexibility index (Phi) is 2.51. The molecule has 2 nitrogen and oxygen atoms in total. The largest absolute Gasteiger partial charge is 0.496 e. The third kappa shape index (κ3) is 1.76. The Bertz CT molecular complexity index is 407. The second-order valence-electron chi connectivity index (χ2n) is 4.34. The minimum absolute atomic E-state index is 0.172. The van der Waals surface area contributed by atoms with Crippen LogP contribution in [0, 0.1) is 12.8 Å². The van der Waals surface area contributed by atoms with Crippen LogP contribution < -0.4 is 4.74 Å². The molecule has 0 aliphatic heterocycles. The van der Waals surface area contributed by atoms with Gasteiger partial charge in [-0.05, 0) is 36.1 Å². The molecule has 0 saturated heterocycles. The highest BCUT2D eigenvalue weighted by Crippen LogP contribution is 2.29. The summed E-state index contributed by atoms with van der Waals surface area (Å²) in [7, 11) is 1.67. The van der Waals surface area contributed by atoms with Gasteiger partial charge in [-0.25, -0.2) is 0 Å². The van der Waals surface area contributed by atoms with E-state index in [0.29, 0.717) is 12.2 Å². The Labute approximate surface area is 90.3 Å². The predicted octanol–water partition coefficient (Wildman–Crippen LogP) is 2.31. The number of aryl methyl sites for hydroxylation is 1. The van der Waals surface area contributed by atoms with Gasteiger partial charge in [0.25, 0.3) is 0 Å². The molecule has 2 heteroatoms. The number of ketones is 1. The summed E-state index contributed by atoms with van der Waals surface area (Å²) >= 11 is 0. The summed E-state index contributed by atoms with van der Waals surface area (Å²) in [5.41, 5.74) is 3.60. The van der Waals surface area contributed by atoms with Gasteiger partial charge in [-0.1, -0.05) is 13.0 Å². The third-order valence-electron chi connectivity index (χ3n) is 3.16. The smallest absolute Gasteiger partial charge is 0.140 e. The fraction of sp³-hybridized carbons (Fsp3) is 0.462. The van der Waals surface area contributed by atoms with Gasteiger partial charge >= 0.3 is 0 Å². The lowest BCUT2D eigenvalue weighted by Gasteiger charge is -2.21. The molecule has 1 aromatic carbocycles. The third-order valence-corrected chi connectivity index (χ3v) is 3.16. The number of carbonyl (C=O) groups excluding carboxylic acids is 1. The first kappa shape index (κ1) is 10.2. The lowest BCUT2D eigenvalue weighted by Crippen LogP contribution is -2.23. The lowest BCUT2D eigenvalue weighted by atomic mass is 9.83. The van der Waals surface area contributed by atoms with Crippen molar-refractivity contribution >= 4 is 5.78 Å². The average molecular weight is 204 g/mol. The van der Waals surface area contributed by atoms with Crippen molar-refractivity contribution in [2.45, 2.75) is 26.7 Å². The van der Waals surface area contributed by atoms with Crippen molar-refractivity contribution in [3.05, 3.63) is 28.8 Å². The Morgan fingerprint density at radius 1 is 1.33 bits per heavy atom. The van der Waals surface area contributed by atoms with Crippen molar-refractivity contribution in [2.75, 3.05) is 7.11 Å². The molecule has 2 rings (SSSR count). The summed E-state index contributed by atoms with van der Waals surface area (Å²) in [4.78, 5) is 11.6. The summed E-state index contributed by atoms with van der Waals surface area (Å²) in [6.07, 6.45) is 1.44. The summed E-state index contributed by atoms with van der Waals surface area (Å²) in [5, 5.41) is 0. The molecule has 1 aromatic rings. The van der Waals surface area contributed by atoms with Crippen LogP contribution in [0.25, 0.3) is 0 Å². The predicted molar refractivity (Wildman–Crippen MR) is 59.3 cm³/mol. The highest BCUT2D eigenvalue weighted by Gasteiger charge is 2.23. The van der Waals surface area contributed by atoms with Crippen LogP contribution >= 0.6 is 0 Å². The van der Waals surface area contributed by atoms with E-state index in [4.69, 9.17) is 4.74 Å². The van der Waals surface area contributed by atoms with E-state index in [0.717, 1.165) is 23.3 Å². The quantitative estimate of drug-likeness (QED) is 0.701. The number of carbonyl (C=O) groups is 1. The molecule has 15 heavy (non-hydrogen) atoms. The molecule has 0 N–H and O–H groups in total. The first-order valence-corrected chi connectivity index (χ1v) is 5.31. The van der Waals surface area contributed by atoms with E-state index < -0.39 is 0 Å². The van der Waals surface area contributed by atoms with Gasteiger partial charge in [-0.2, -0.15) is 0 Å². The highest BCUT2D eigenvalue weighted by atomic mass is 16.5. The van der Waals surface area contributed by atoms with Crippen LogP contribution in [0.3, 0.4) is 0 Å². The normalized spacial score (nSPS) is 19.9. The van der Waals surface area contributed by atoms with Crippen molar-refractivity contribution in [1.29, 1.82) is 0 Å². The van der Waals surface area contributed by atoms with Gasteiger partial charge in [0, 0.05) is 12.3 Å². The van der Waals surface area contributed by atoms with Gasteiger partial charge in [0.05, 0.1) is 7.11 Å².